The fourth-order valence-electron chi connectivity index (χ4n) is 3.25. The van der Waals surface area contributed by atoms with Crippen molar-refractivity contribution in [2.45, 2.75) is 31.2 Å². The maximum Gasteiger partial charge on any atom is 0.249 e. The highest BCUT2D eigenvalue weighted by Gasteiger charge is 2.40. The second kappa shape index (κ2) is 5.80. The van der Waals surface area contributed by atoms with Crippen molar-refractivity contribution in [3.63, 3.8) is 0 Å². The van der Waals surface area contributed by atoms with Gasteiger partial charge < -0.3 is 4.52 Å². The van der Waals surface area contributed by atoms with Crippen LogP contribution in [-0.4, -0.2) is 24.4 Å². The van der Waals surface area contributed by atoms with Crippen molar-refractivity contribution in [1.82, 2.24) is 9.46 Å². The molecule has 1 unspecified atom stereocenters. The number of hydrogen-bond acceptors (Lipinski definition) is 6. The number of rotatable bonds is 3. The van der Waals surface area contributed by atoms with Crippen LogP contribution in [-0.2, 0) is 16.4 Å². The Bertz CT molecular complexity index is 951. The summed E-state index contributed by atoms with van der Waals surface area (Å²) >= 11 is 3.28. The molecule has 0 aliphatic carbocycles. The highest BCUT2D eigenvalue weighted by Crippen LogP contribution is 2.42. The van der Waals surface area contributed by atoms with Crippen molar-refractivity contribution in [3.8, 4) is 0 Å². The fourth-order valence-corrected chi connectivity index (χ4v) is 6.96. The Kier molecular flexibility index (Phi) is 3.87. The third kappa shape index (κ3) is 2.36. The van der Waals surface area contributed by atoms with E-state index in [9.17, 15) is 8.42 Å². The smallest absolute Gasteiger partial charge is 0.249 e. The first-order valence-electron chi connectivity index (χ1n) is 7.54. The SMILES string of the molecule is Cc1noc(C)c1S(=O)(=O)N1CCc2sccc2C1c1cccs1. The van der Waals surface area contributed by atoms with E-state index >= 15 is 0 Å². The number of nitrogens with zero attached hydrogens (tertiary/aromatic N) is 2. The minimum atomic E-state index is -3.69. The normalized spacial score (nSPS) is 18.7. The minimum Gasteiger partial charge on any atom is -0.360 e. The van der Waals surface area contributed by atoms with E-state index in [4.69, 9.17) is 4.52 Å². The van der Waals surface area contributed by atoms with E-state index in [0.717, 1.165) is 16.9 Å². The standard InChI is InChI=1S/C16H16N2O3S3/c1-10-16(11(2)21-17-10)24(19,20)18-7-5-13-12(6-9-23-13)15(18)14-4-3-8-22-14/h3-4,6,8-9,15H,5,7H2,1-2H3. The quantitative estimate of drug-likeness (QED) is 0.694. The van der Waals surface area contributed by atoms with Crippen molar-refractivity contribution in [2.24, 2.45) is 0 Å². The van der Waals surface area contributed by atoms with E-state index in [2.05, 4.69) is 5.16 Å². The first-order chi connectivity index (χ1) is 11.5. The van der Waals surface area contributed by atoms with Crippen molar-refractivity contribution < 1.29 is 12.9 Å². The van der Waals surface area contributed by atoms with Gasteiger partial charge >= 0.3 is 0 Å². The molecule has 5 nitrogen and oxygen atoms in total. The summed E-state index contributed by atoms with van der Waals surface area (Å²) in [5, 5.41) is 7.85. The summed E-state index contributed by atoms with van der Waals surface area (Å²) in [6.45, 7) is 3.78. The van der Waals surface area contributed by atoms with E-state index in [1.54, 1.807) is 40.8 Å². The first-order valence-corrected chi connectivity index (χ1v) is 10.7. The molecule has 3 aromatic heterocycles. The molecule has 24 heavy (non-hydrogen) atoms. The van der Waals surface area contributed by atoms with E-state index in [0.29, 0.717) is 18.0 Å². The van der Waals surface area contributed by atoms with Crippen LogP contribution in [0.2, 0.25) is 0 Å². The highest BCUT2D eigenvalue weighted by molar-refractivity contribution is 7.89. The molecule has 0 spiro atoms. The molecule has 8 heteroatoms. The number of hydrogen-bond donors (Lipinski definition) is 0. The predicted octanol–water partition coefficient (Wildman–Crippen LogP) is 3.75. The average molecular weight is 381 g/mol. The zero-order valence-electron chi connectivity index (χ0n) is 13.2. The third-order valence-corrected chi connectivity index (χ3v) is 8.30. The fraction of sp³-hybridized carbons (Fsp3) is 0.312. The highest BCUT2D eigenvalue weighted by atomic mass is 32.2. The van der Waals surface area contributed by atoms with E-state index in [1.165, 1.54) is 4.88 Å². The third-order valence-electron chi connectivity index (χ3n) is 4.27. The second-order valence-electron chi connectivity index (χ2n) is 5.74. The molecule has 1 atom stereocenters. The van der Waals surface area contributed by atoms with Crippen LogP contribution in [0.15, 0.2) is 38.4 Å². The van der Waals surface area contributed by atoms with Crippen LogP contribution >= 0.6 is 22.7 Å². The second-order valence-corrected chi connectivity index (χ2v) is 9.54. The van der Waals surface area contributed by atoms with E-state index in [1.807, 2.05) is 29.0 Å². The molecule has 1 aliphatic rings. The van der Waals surface area contributed by atoms with Crippen LogP contribution in [0.4, 0.5) is 0 Å². The molecule has 0 fully saturated rings. The van der Waals surface area contributed by atoms with Crippen molar-refractivity contribution >= 4 is 32.7 Å². The van der Waals surface area contributed by atoms with Gasteiger partial charge in [0.15, 0.2) is 5.76 Å². The molecule has 0 amide bonds. The lowest BCUT2D eigenvalue weighted by Gasteiger charge is -2.34. The topological polar surface area (TPSA) is 63.4 Å². The molecular weight excluding hydrogens is 364 g/mol. The van der Waals surface area contributed by atoms with Crippen LogP contribution in [0, 0.1) is 13.8 Å². The van der Waals surface area contributed by atoms with Gasteiger partial charge in [0.05, 0.1) is 6.04 Å². The monoisotopic (exact) mass is 380 g/mol. The summed E-state index contributed by atoms with van der Waals surface area (Å²) in [5.41, 5.74) is 1.50. The van der Waals surface area contributed by atoms with Crippen LogP contribution in [0.1, 0.15) is 32.8 Å². The van der Waals surface area contributed by atoms with Crippen LogP contribution in [0.3, 0.4) is 0 Å². The minimum absolute atomic E-state index is 0.197. The van der Waals surface area contributed by atoms with Crippen molar-refractivity contribution in [1.29, 1.82) is 0 Å². The van der Waals surface area contributed by atoms with Gasteiger partial charge in [0.1, 0.15) is 10.6 Å². The van der Waals surface area contributed by atoms with Crippen LogP contribution < -0.4 is 0 Å². The van der Waals surface area contributed by atoms with Gasteiger partial charge in [-0.05, 0) is 48.7 Å². The molecule has 0 radical (unpaired) electrons. The lowest BCUT2D eigenvalue weighted by Crippen LogP contribution is -2.40. The van der Waals surface area contributed by atoms with Gasteiger partial charge in [-0.1, -0.05) is 11.2 Å². The van der Waals surface area contributed by atoms with E-state index in [-0.39, 0.29) is 10.9 Å². The maximum atomic E-state index is 13.4. The summed E-state index contributed by atoms with van der Waals surface area (Å²) in [6.07, 6.45) is 0.734. The van der Waals surface area contributed by atoms with Gasteiger partial charge in [0, 0.05) is 16.3 Å². The summed E-state index contributed by atoms with van der Waals surface area (Å²) < 4.78 is 33.4. The molecule has 0 saturated heterocycles. The Balaban J connectivity index is 1.88. The molecule has 4 rings (SSSR count). The summed E-state index contributed by atoms with van der Waals surface area (Å²) in [5.74, 6) is 0.341. The van der Waals surface area contributed by atoms with Gasteiger partial charge in [0.2, 0.25) is 10.0 Å². The van der Waals surface area contributed by atoms with Gasteiger partial charge in [-0.3, -0.25) is 0 Å². The summed E-state index contributed by atoms with van der Waals surface area (Å²) in [4.78, 5) is 2.49. The molecule has 0 N–H and O–H groups in total. The van der Waals surface area contributed by atoms with E-state index < -0.39 is 10.0 Å². The zero-order chi connectivity index (χ0) is 16.9. The maximum absolute atomic E-state index is 13.4. The Morgan fingerprint density at radius 3 is 2.75 bits per heavy atom. The summed E-state index contributed by atoms with van der Waals surface area (Å²) in [7, 11) is -3.69. The van der Waals surface area contributed by atoms with Crippen LogP contribution in [0.5, 0.6) is 0 Å². The Morgan fingerprint density at radius 1 is 1.25 bits per heavy atom. The van der Waals surface area contributed by atoms with Crippen molar-refractivity contribution in [3.05, 3.63) is 55.7 Å². The molecule has 3 aromatic rings. The molecule has 0 saturated carbocycles. The van der Waals surface area contributed by atoms with Gasteiger partial charge in [0.25, 0.3) is 0 Å². The number of aromatic nitrogens is 1. The largest absolute Gasteiger partial charge is 0.360 e. The average Bonchev–Trinajstić information content (AvgIpc) is 3.26. The molecule has 0 aromatic carbocycles. The summed E-state index contributed by atoms with van der Waals surface area (Å²) in [6, 6.07) is 5.72. The van der Waals surface area contributed by atoms with Gasteiger partial charge in [-0.15, -0.1) is 22.7 Å². The number of fused-ring (bicyclic) bond motifs is 1. The Morgan fingerprint density at radius 2 is 2.08 bits per heavy atom. The molecular formula is C16H16N2O3S3. The first kappa shape index (κ1) is 16.0. The Hall–Kier alpha value is -1.48. The molecule has 0 bridgehead atoms. The molecule has 126 valence electrons. The Labute approximate surface area is 148 Å². The lowest BCUT2D eigenvalue weighted by atomic mass is 10.0. The molecule has 4 heterocycles. The van der Waals surface area contributed by atoms with Gasteiger partial charge in [-0.25, -0.2) is 8.42 Å². The number of sulfonamides is 1. The number of aryl methyl sites for hydroxylation is 2. The molecule has 1 aliphatic heterocycles. The lowest BCUT2D eigenvalue weighted by molar-refractivity contribution is 0.348. The van der Waals surface area contributed by atoms with Crippen LogP contribution in [0.25, 0.3) is 0 Å². The zero-order valence-corrected chi connectivity index (χ0v) is 15.7. The number of thiophene rings is 2. The predicted molar refractivity (Wildman–Crippen MR) is 94.1 cm³/mol. The van der Waals surface area contributed by atoms with Gasteiger partial charge in [-0.2, -0.15) is 4.31 Å². The van der Waals surface area contributed by atoms with Crippen molar-refractivity contribution in [2.75, 3.05) is 6.54 Å².